The third kappa shape index (κ3) is 2.59. The molecule has 1 N–H and O–H groups in total. The van der Waals surface area contributed by atoms with Crippen molar-refractivity contribution in [3.8, 4) is 11.4 Å². The van der Waals surface area contributed by atoms with Gasteiger partial charge in [-0.2, -0.15) is 0 Å². The molecule has 0 bridgehead atoms. The lowest BCUT2D eigenvalue weighted by molar-refractivity contribution is -0.384. The molecule has 2 aromatic carbocycles. The number of halogens is 1. The molecule has 120 valence electrons. The summed E-state index contributed by atoms with van der Waals surface area (Å²) in [6.45, 7) is 0. The molecule has 1 aliphatic rings. The highest BCUT2D eigenvalue weighted by molar-refractivity contribution is 7.99. The Morgan fingerprint density at radius 1 is 1.21 bits per heavy atom. The van der Waals surface area contributed by atoms with Crippen molar-refractivity contribution in [3.05, 3.63) is 69.2 Å². The van der Waals surface area contributed by atoms with Crippen LogP contribution in [0, 0.1) is 10.1 Å². The number of non-ortho nitro benzene ring substituents is 1. The fourth-order valence-electron chi connectivity index (χ4n) is 2.44. The number of nitro groups is 1. The van der Waals surface area contributed by atoms with Crippen molar-refractivity contribution in [1.82, 2.24) is 14.9 Å². The van der Waals surface area contributed by atoms with Gasteiger partial charge < -0.3 is 5.43 Å². The molecule has 0 amide bonds. The van der Waals surface area contributed by atoms with E-state index in [2.05, 4.69) is 15.6 Å². The summed E-state index contributed by atoms with van der Waals surface area (Å²) < 4.78 is 1.75. The van der Waals surface area contributed by atoms with E-state index in [-0.39, 0.29) is 11.1 Å². The van der Waals surface area contributed by atoms with Crippen molar-refractivity contribution in [3.63, 3.8) is 0 Å². The van der Waals surface area contributed by atoms with E-state index in [0.29, 0.717) is 21.6 Å². The fraction of sp³-hybridized carbons (Fsp3) is 0.0667. The van der Waals surface area contributed by atoms with Gasteiger partial charge in [0.15, 0.2) is 5.82 Å². The van der Waals surface area contributed by atoms with Gasteiger partial charge in [0.25, 0.3) is 5.69 Å². The minimum atomic E-state index is -0.427. The van der Waals surface area contributed by atoms with Crippen LogP contribution < -0.4 is 5.43 Å². The van der Waals surface area contributed by atoms with Crippen LogP contribution in [0.15, 0.2) is 53.7 Å². The van der Waals surface area contributed by atoms with Gasteiger partial charge in [0.05, 0.1) is 4.92 Å². The van der Waals surface area contributed by atoms with Gasteiger partial charge in [-0.1, -0.05) is 47.6 Å². The number of nitrogens with zero attached hydrogens (tertiary/aromatic N) is 4. The summed E-state index contributed by atoms with van der Waals surface area (Å²) in [5.41, 5.74) is 5.01. The van der Waals surface area contributed by atoms with Crippen LogP contribution in [0.3, 0.4) is 0 Å². The molecule has 0 radical (unpaired) electrons. The number of nitro benzene ring substituents is 1. The highest BCUT2D eigenvalue weighted by Crippen LogP contribution is 2.40. The first kappa shape index (κ1) is 15.0. The SMILES string of the molecule is O=[N+]([O-])c1cccc(-c2nnc3n2NC(c2ccc(Cl)cc2)S3)c1. The number of aromatic nitrogens is 3. The summed E-state index contributed by atoms with van der Waals surface area (Å²) in [6.07, 6.45) is 0. The number of fused-ring (bicyclic) bond motifs is 1. The molecule has 24 heavy (non-hydrogen) atoms. The number of benzene rings is 2. The van der Waals surface area contributed by atoms with Crippen LogP contribution in [-0.4, -0.2) is 19.8 Å². The molecule has 0 spiro atoms. The second-order valence-corrected chi connectivity index (χ2v) is 6.64. The lowest BCUT2D eigenvalue weighted by Gasteiger charge is -2.12. The Labute approximate surface area is 145 Å². The third-order valence-electron chi connectivity index (χ3n) is 3.59. The van der Waals surface area contributed by atoms with Crippen LogP contribution in [0.5, 0.6) is 0 Å². The van der Waals surface area contributed by atoms with E-state index in [1.165, 1.54) is 23.9 Å². The van der Waals surface area contributed by atoms with Crippen molar-refractivity contribution in [2.75, 3.05) is 5.43 Å². The van der Waals surface area contributed by atoms with E-state index in [9.17, 15) is 10.1 Å². The zero-order valence-corrected chi connectivity index (χ0v) is 13.7. The number of hydrogen-bond donors (Lipinski definition) is 1. The predicted molar refractivity (Wildman–Crippen MR) is 91.5 cm³/mol. The number of hydrogen-bond acceptors (Lipinski definition) is 6. The topological polar surface area (TPSA) is 85.9 Å². The standard InChI is InChI=1S/C15H10ClN5O2S/c16-11-6-4-9(5-7-11)14-19-20-13(17-18-15(20)24-14)10-2-1-3-12(8-10)21(22)23/h1-8,14,19H. The maximum absolute atomic E-state index is 11.0. The zero-order chi connectivity index (χ0) is 16.7. The lowest BCUT2D eigenvalue weighted by Crippen LogP contribution is -2.13. The highest BCUT2D eigenvalue weighted by atomic mass is 35.5. The van der Waals surface area contributed by atoms with Crippen molar-refractivity contribution in [2.24, 2.45) is 0 Å². The van der Waals surface area contributed by atoms with Crippen LogP contribution in [-0.2, 0) is 0 Å². The molecule has 0 saturated heterocycles. The Bertz CT molecular complexity index is 928. The Hall–Kier alpha value is -2.58. The van der Waals surface area contributed by atoms with Crippen LogP contribution in [0.25, 0.3) is 11.4 Å². The fourth-order valence-corrected chi connectivity index (χ4v) is 3.56. The molecule has 0 saturated carbocycles. The minimum Gasteiger partial charge on any atom is -0.304 e. The molecule has 9 heteroatoms. The molecule has 2 heterocycles. The molecule has 0 aliphatic carbocycles. The van der Waals surface area contributed by atoms with Crippen LogP contribution >= 0.6 is 23.4 Å². The minimum absolute atomic E-state index is 0.0183. The van der Waals surface area contributed by atoms with Gasteiger partial charge >= 0.3 is 0 Å². The average Bonchev–Trinajstić information content (AvgIpc) is 3.16. The average molecular weight is 360 g/mol. The molecule has 1 aromatic heterocycles. The molecule has 7 nitrogen and oxygen atoms in total. The van der Waals surface area contributed by atoms with E-state index in [1.54, 1.807) is 16.8 Å². The first-order valence-electron chi connectivity index (χ1n) is 7.01. The van der Waals surface area contributed by atoms with Gasteiger partial charge in [-0.25, -0.2) is 4.68 Å². The van der Waals surface area contributed by atoms with Crippen LogP contribution in [0.4, 0.5) is 5.69 Å². The molecule has 1 aliphatic heterocycles. The van der Waals surface area contributed by atoms with Gasteiger partial charge in [-0.15, -0.1) is 10.2 Å². The van der Waals surface area contributed by atoms with Crippen LogP contribution in [0.2, 0.25) is 5.02 Å². The second kappa shape index (κ2) is 5.81. The quantitative estimate of drug-likeness (QED) is 0.564. The molecular formula is C15H10ClN5O2S. The number of thioether (sulfide) groups is 1. The predicted octanol–water partition coefficient (Wildman–Crippen LogP) is 3.85. The highest BCUT2D eigenvalue weighted by Gasteiger charge is 2.28. The Morgan fingerprint density at radius 3 is 2.75 bits per heavy atom. The van der Waals surface area contributed by atoms with Crippen molar-refractivity contribution in [1.29, 1.82) is 0 Å². The Morgan fingerprint density at radius 2 is 2.00 bits per heavy atom. The van der Waals surface area contributed by atoms with E-state index < -0.39 is 4.92 Å². The molecular weight excluding hydrogens is 350 g/mol. The molecule has 0 fully saturated rings. The Balaban J connectivity index is 1.66. The van der Waals surface area contributed by atoms with Crippen molar-refractivity contribution >= 4 is 29.1 Å². The smallest absolute Gasteiger partial charge is 0.270 e. The maximum Gasteiger partial charge on any atom is 0.270 e. The molecule has 3 aromatic rings. The van der Waals surface area contributed by atoms with Gasteiger partial charge in [0.1, 0.15) is 5.37 Å². The summed E-state index contributed by atoms with van der Waals surface area (Å²) in [7, 11) is 0. The summed E-state index contributed by atoms with van der Waals surface area (Å²) in [6, 6.07) is 13.9. The van der Waals surface area contributed by atoms with Crippen molar-refractivity contribution < 1.29 is 4.92 Å². The number of rotatable bonds is 3. The summed E-state index contributed by atoms with van der Waals surface area (Å²) >= 11 is 7.44. The number of nitrogens with one attached hydrogen (secondary N) is 1. The Kier molecular flexibility index (Phi) is 3.62. The monoisotopic (exact) mass is 359 g/mol. The normalized spacial score (nSPS) is 15.8. The second-order valence-electron chi connectivity index (χ2n) is 5.13. The largest absolute Gasteiger partial charge is 0.304 e. The van der Waals surface area contributed by atoms with E-state index in [1.807, 2.05) is 24.3 Å². The molecule has 1 unspecified atom stereocenters. The van der Waals surface area contributed by atoms with E-state index in [4.69, 9.17) is 11.6 Å². The third-order valence-corrected chi connectivity index (χ3v) is 4.93. The van der Waals surface area contributed by atoms with E-state index >= 15 is 0 Å². The summed E-state index contributed by atoms with van der Waals surface area (Å²) in [5, 5.41) is 20.6. The zero-order valence-electron chi connectivity index (χ0n) is 12.1. The van der Waals surface area contributed by atoms with Crippen molar-refractivity contribution in [2.45, 2.75) is 10.5 Å². The van der Waals surface area contributed by atoms with Crippen LogP contribution in [0.1, 0.15) is 10.9 Å². The van der Waals surface area contributed by atoms with Gasteiger partial charge in [0, 0.05) is 22.7 Å². The summed E-state index contributed by atoms with van der Waals surface area (Å²) in [4.78, 5) is 10.5. The first-order chi connectivity index (χ1) is 11.6. The summed E-state index contributed by atoms with van der Waals surface area (Å²) in [5.74, 6) is 0.540. The van der Waals surface area contributed by atoms with Gasteiger partial charge in [-0.05, 0) is 17.7 Å². The molecule has 1 atom stereocenters. The van der Waals surface area contributed by atoms with Gasteiger partial charge in [-0.3, -0.25) is 10.1 Å². The first-order valence-corrected chi connectivity index (χ1v) is 8.26. The molecule has 4 rings (SSSR count). The lowest BCUT2D eigenvalue weighted by atomic mass is 10.2. The van der Waals surface area contributed by atoms with Gasteiger partial charge in [0.2, 0.25) is 5.16 Å². The van der Waals surface area contributed by atoms with E-state index in [0.717, 1.165) is 5.56 Å². The maximum atomic E-state index is 11.0.